The van der Waals surface area contributed by atoms with Crippen LogP contribution in [0.1, 0.15) is 16.7 Å². The van der Waals surface area contributed by atoms with Gasteiger partial charge in [0.25, 0.3) is 5.60 Å². The summed E-state index contributed by atoms with van der Waals surface area (Å²) in [6.07, 6.45) is 0.152. The highest BCUT2D eigenvalue weighted by Crippen LogP contribution is 2.39. The smallest absolute Gasteiger partial charge is 0.277 e. The maximum atomic E-state index is 11.7. The van der Waals surface area contributed by atoms with Crippen LogP contribution in [0, 0.1) is 10.2 Å². The zero-order valence-corrected chi connectivity index (χ0v) is 15.5. The van der Waals surface area contributed by atoms with Crippen LogP contribution in [0.5, 0.6) is 5.75 Å². The Bertz CT molecular complexity index is 806. The molecular weight excluding hydrogens is 368 g/mol. The van der Waals surface area contributed by atoms with Crippen molar-refractivity contribution < 1.29 is 33.2 Å². The standard InChI is InChI=1S/C21H19ClO5/c1-26-20-14-12-17(13-15-20)16-21(27-22(23,24)25,18-8-4-2-5-9-18)19-10-6-3-7-11-19/h2-15H,16H2,1H3. The largest absolute Gasteiger partial charge is 0.497 e. The van der Waals surface area contributed by atoms with Gasteiger partial charge in [0.05, 0.1) is 21.6 Å². The number of benzene rings is 3. The Morgan fingerprint density at radius 1 is 0.741 bits per heavy atom. The van der Waals surface area contributed by atoms with Gasteiger partial charge in [-0.1, -0.05) is 72.8 Å². The summed E-state index contributed by atoms with van der Waals surface area (Å²) < 4.78 is 45.4. The van der Waals surface area contributed by atoms with Crippen molar-refractivity contribution in [3.8, 4) is 5.75 Å². The monoisotopic (exact) mass is 386 g/mol. The minimum Gasteiger partial charge on any atom is -0.497 e. The second-order valence-corrected chi connectivity index (χ2v) is 6.95. The summed E-state index contributed by atoms with van der Waals surface area (Å²) in [7, 11) is -3.11. The van der Waals surface area contributed by atoms with Crippen LogP contribution in [0.3, 0.4) is 0 Å². The molecule has 0 bridgehead atoms. The first-order valence-corrected chi connectivity index (χ1v) is 9.52. The third-order valence-corrected chi connectivity index (χ3v) is 4.77. The Morgan fingerprint density at radius 3 is 1.63 bits per heavy atom. The van der Waals surface area contributed by atoms with Crippen LogP contribution in [0.4, 0.5) is 0 Å². The maximum Gasteiger partial charge on any atom is 0.277 e. The van der Waals surface area contributed by atoms with Gasteiger partial charge < -0.3 is 4.74 Å². The van der Waals surface area contributed by atoms with E-state index in [1.165, 1.54) is 0 Å². The minimum absolute atomic E-state index is 0.152. The Kier molecular flexibility index (Phi) is 5.79. The summed E-state index contributed by atoms with van der Waals surface area (Å²) in [6.45, 7) is 0. The molecule has 0 radical (unpaired) electrons. The van der Waals surface area contributed by atoms with Crippen LogP contribution in [-0.4, -0.2) is 7.11 Å². The van der Waals surface area contributed by atoms with Crippen LogP contribution in [0.25, 0.3) is 0 Å². The maximum absolute atomic E-state index is 11.7. The highest BCUT2D eigenvalue weighted by atomic mass is 35.7. The van der Waals surface area contributed by atoms with E-state index in [1.54, 1.807) is 67.8 Å². The molecule has 140 valence electrons. The van der Waals surface area contributed by atoms with Gasteiger partial charge in [0.15, 0.2) is 0 Å². The third-order valence-electron chi connectivity index (χ3n) is 4.32. The van der Waals surface area contributed by atoms with Gasteiger partial charge in [-0.3, -0.25) is 0 Å². The Hall–Kier alpha value is -2.41. The molecule has 5 nitrogen and oxygen atoms in total. The summed E-state index contributed by atoms with van der Waals surface area (Å²) in [6, 6.07) is 24.9. The van der Waals surface area contributed by atoms with Crippen molar-refractivity contribution in [2.75, 3.05) is 7.11 Å². The SMILES string of the molecule is COc1ccc(CC(O[Cl+3]([O-])([O-])[O-])(c2ccccc2)c2ccccc2)cc1. The molecule has 3 rings (SSSR count). The van der Waals surface area contributed by atoms with E-state index in [1.807, 2.05) is 24.3 Å². The Balaban J connectivity index is 2.15. The lowest BCUT2D eigenvalue weighted by Crippen LogP contribution is -2.64. The number of methoxy groups -OCH3 is 1. The quantitative estimate of drug-likeness (QED) is 0.606. The molecule has 0 atom stereocenters. The zero-order valence-electron chi connectivity index (χ0n) is 14.7. The predicted octanol–water partition coefficient (Wildman–Crippen LogP) is 1.10. The normalized spacial score (nSPS) is 12.0. The van der Waals surface area contributed by atoms with Crippen LogP contribution in [0.2, 0.25) is 0 Å². The Morgan fingerprint density at radius 2 is 1.22 bits per heavy atom. The van der Waals surface area contributed by atoms with E-state index in [2.05, 4.69) is 0 Å². The van der Waals surface area contributed by atoms with E-state index < -0.39 is 15.8 Å². The second kappa shape index (κ2) is 8.08. The molecule has 0 unspecified atom stereocenters. The van der Waals surface area contributed by atoms with Gasteiger partial charge >= 0.3 is 0 Å². The van der Waals surface area contributed by atoms with Crippen molar-refractivity contribution in [3.05, 3.63) is 102 Å². The van der Waals surface area contributed by atoms with E-state index in [0.717, 1.165) is 5.56 Å². The fraction of sp³-hybridized carbons (Fsp3) is 0.143. The molecule has 0 spiro atoms. The van der Waals surface area contributed by atoms with Crippen LogP contribution in [-0.2, 0) is 16.3 Å². The van der Waals surface area contributed by atoms with Gasteiger partial charge in [0.1, 0.15) is 5.75 Å². The zero-order chi connectivity index (χ0) is 19.3. The van der Waals surface area contributed by atoms with Crippen LogP contribution >= 0.6 is 0 Å². The van der Waals surface area contributed by atoms with Crippen molar-refractivity contribution >= 4 is 0 Å². The van der Waals surface area contributed by atoms with Crippen molar-refractivity contribution in [1.29, 1.82) is 0 Å². The molecule has 27 heavy (non-hydrogen) atoms. The van der Waals surface area contributed by atoms with E-state index in [0.29, 0.717) is 16.9 Å². The summed E-state index contributed by atoms with van der Waals surface area (Å²) in [5.41, 5.74) is 0.444. The predicted molar refractivity (Wildman–Crippen MR) is 91.4 cm³/mol. The van der Waals surface area contributed by atoms with Gasteiger partial charge in [0.2, 0.25) is 0 Å². The number of hydrogen-bond acceptors (Lipinski definition) is 5. The third kappa shape index (κ3) is 4.66. The molecule has 0 heterocycles. The summed E-state index contributed by atoms with van der Waals surface area (Å²) >= 11 is 0. The first kappa shape index (κ1) is 19.4. The summed E-state index contributed by atoms with van der Waals surface area (Å²) in [4.78, 5) is 0. The summed E-state index contributed by atoms with van der Waals surface area (Å²) in [5.74, 6) is 0.680. The van der Waals surface area contributed by atoms with Gasteiger partial charge in [-0.25, -0.2) is 0 Å². The molecule has 0 saturated heterocycles. The number of ether oxygens (including phenoxy) is 1. The second-order valence-electron chi connectivity index (χ2n) is 6.04. The highest BCUT2D eigenvalue weighted by Gasteiger charge is 2.49. The minimum atomic E-state index is -4.68. The molecule has 0 aromatic heterocycles. The van der Waals surface area contributed by atoms with E-state index >= 15 is 0 Å². The number of hydrogen-bond donors (Lipinski definition) is 0. The molecule has 0 aliphatic heterocycles. The lowest BCUT2D eigenvalue weighted by atomic mass is 9.81. The molecule has 3 aromatic rings. The molecule has 6 heteroatoms. The molecule has 3 aromatic carbocycles. The molecule has 0 amide bonds. The molecule has 0 aliphatic carbocycles. The average molecular weight is 387 g/mol. The average Bonchev–Trinajstić information content (AvgIpc) is 2.68. The number of halogens is 1. The van der Waals surface area contributed by atoms with Crippen molar-refractivity contribution in [3.63, 3.8) is 0 Å². The molecule has 0 aliphatic rings. The molecular formula is C21H19ClO5. The van der Waals surface area contributed by atoms with Crippen molar-refractivity contribution in [1.82, 2.24) is 0 Å². The lowest BCUT2D eigenvalue weighted by molar-refractivity contribution is -1.92. The van der Waals surface area contributed by atoms with Gasteiger partial charge in [-0.2, -0.15) is 14.0 Å². The lowest BCUT2D eigenvalue weighted by Gasteiger charge is -2.31. The molecule has 0 N–H and O–H groups in total. The fourth-order valence-electron chi connectivity index (χ4n) is 3.09. The Labute approximate surface area is 160 Å². The van der Waals surface area contributed by atoms with Gasteiger partial charge in [-0.15, -0.1) is 0 Å². The van der Waals surface area contributed by atoms with Gasteiger partial charge in [-0.05, 0) is 17.7 Å². The molecule has 0 fully saturated rings. The highest BCUT2D eigenvalue weighted by molar-refractivity contribution is 5.39. The van der Waals surface area contributed by atoms with E-state index in [-0.39, 0.29) is 6.42 Å². The molecule has 0 saturated carbocycles. The van der Waals surface area contributed by atoms with Crippen molar-refractivity contribution in [2.45, 2.75) is 12.0 Å². The van der Waals surface area contributed by atoms with Crippen LogP contribution in [0.15, 0.2) is 84.9 Å². The first-order valence-electron chi connectivity index (χ1n) is 8.28. The topological polar surface area (TPSA) is 87.6 Å². The van der Waals surface area contributed by atoms with Crippen molar-refractivity contribution in [2.24, 2.45) is 0 Å². The summed E-state index contributed by atoms with van der Waals surface area (Å²) in [5, 5.41) is 0. The van der Waals surface area contributed by atoms with E-state index in [4.69, 9.17) is 9.03 Å². The van der Waals surface area contributed by atoms with Gasteiger partial charge in [0, 0.05) is 17.5 Å². The first-order chi connectivity index (χ1) is 12.9. The van der Waals surface area contributed by atoms with E-state index in [9.17, 15) is 14.0 Å². The number of rotatable bonds is 7. The van der Waals surface area contributed by atoms with Crippen LogP contribution < -0.4 is 18.7 Å². The fourth-order valence-corrected chi connectivity index (χ4v) is 3.65.